The van der Waals surface area contributed by atoms with E-state index in [2.05, 4.69) is 9.44 Å². The molecular formula is C21H22N2O4S2. The van der Waals surface area contributed by atoms with E-state index in [9.17, 15) is 16.8 Å². The molecule has 29 heavy (non-hydrogen) atoms. The summed E-state index contributed by atoms with van der Waals surface area (Å²) in [4.78, 5) is 0.219. The predicted octanol–water partition coefficient (Wildman–Crippen LogP) is 4.21. The summed E-state index contributed by atoms with van der Waals surface area (Å²) in [6, 6.07) is 17.7. The number of anilines is 2. The number of para-hydroxylation sites is 1. The fourth-order valence-corrected chi connectivity index (χ4v) is 5.32. The molecule has 0 bridgehead atoms. The van der Waals surface area contributed by atoms with Crippen LogP contribution in [0.1, 0.15) is 16.7 Å². The summed E-state index contributed by atoms with van der Waals surface area (Å²) in [5.74, 6) is 0. The average molecular weight is 431 g/mol. The summed E-state index contributed by atoms with van der Waals surface area (Å²) in [5, 5.41) is 0. The molecule has 0 aliphatic rings. The average Bonchev–Trinajstić information content (AvgIpc) is 2.63. The molecule has 8 heteroatoms. The van der Waals surface area contributed by atoms with E-state index in [0.717, 1.165) is 11.1 Å². The summed E-state index contributed by atoms with van der Waals surface area (Å²) in [6.07, 6.45) is 0. The summed E-state index contributed by atoms with van der Waals surface area (Å²) < 4.78 is 55.5. The fourth-order valence-electron chi connectivity index (χ4n) is 2.90. The van der Waals surface area contributed by atoms with Crippen LogP contribution in [-0.2, 0) is 20.0 Å². The number of rotatable bonds is 6. The summed E-state index contributed by atoms with van der Waals surface area (Å²) >= 11 is 0. The van der Waals surface area contributed by atoms with Crippen LogP contribution < -0.4 is 9.44 Å². The normalized spacial score (nSPS) is 11.8. The third kappa shape index (κ3) is 4.78. The van der Waals surface area contributed by atoms with Crippen LogP contribution in [0.5, 0.6) is 0 Å². The molecule has 0 unspecified atom stereocenters. The zero-order valence-electron chi connectivity index (χ0n) is 16.3. The Bertz CT molecular complexity index is 1250. The zero-order valence-corrected chi connectivity index (χ0v) is 17.9. The van der Waals surface area contributed by atoms with Gasteiger partial charge in [0.05, 0.1) is 15.5 Å². The van der Waals surface area contributed by atoms with Crippen LogP contribution in [0.15, 0.2) is 76.5 Å². The van der Waals surface area contributed by atoms with Gasteiger partial charge >= 0.3 is 0 Å². The van der Waals surface area contributed by atoms with Crippen molar-refractivity contribution < 1.29 is 16.8 Å². The zero-order chi connectivity index (χ0) is 21.2. The monoisotopic (exact) mass is 430 g/mol. The first-order valence-corrected chi connectivity index (χ1v) is 11.8. The van der Waals surface area contributed by atoms with Crippen LogP contribution in [0.4, 0.5) is 11.4 Å². The Hall–Kier alpha value is -2.84. The third-order valence-corrected chi connectivity index (χ3v) is 7.35. The Morgan fingerprint density at radius 2 is 1.31 bits per heavy atom. The van der Waals surface area contributed by atoms with Crippen molar-refractivity contribution in [2.45, 2.75) is 30.6 Å². The number of sulfonamides is 2. The van der Waals surface area contributed by atoms with Crippen molar-refractivity contribution in [1.29, 1.82) is 0 Å². The second-order valence-electron chi connectivity index (χ2n) is 6.82. The van der Waals surface area contributed by atoms with Gasteiger partial charge in [-0.05, 0) is 68.3 Å². The molecule has 0 saturated heterocycles. The van der Waals surface area contributed by atoms with E-state index in [1.54, 1.807) is 37.3 Å². The van der Waals surface area contributed by atoms with E-state index < -0.39 is 20.0 Å². The van der Waals surface area contributed by atoms with E-state index in [1.165, 1.54) is 24.3 Å². The molecule has 3 aromatic rings. The molecule has 0 aliphatic heterocycles. The predicted molar refractivity (Wildman–Crippen MR) is 115 cm³/mol. The molecule has 3 aromatic carbocycles. The fraction of sp³-hybridized carbons (Fsp3) is 0.143. The number of nitrogens with one attached hydrogen (secondary N) is 2. The second-order valence-corrected chi connectivity index (χ2v) is 10.2. The van der Waals surface area contributed by atoms with Crippen LogP contribution in [0.2, 0.25) is 0 Å². The highest BCUT2D eigenvalue weighted by Crippen LogP contribution is 2.23. The number of hydrogen-bond acceptors (Lipinski definition) is 4. The lowest BCUT2D eigenvalue weighted by atomic mass is 10.2. The van der Waals surface area contributed by atoms with Crippen LogP contribution in [-0.4, -0.2) is 16.8 Å². The Labute approximate surface area is 171 Å². The molecule has 0 amide bonds. The van der Waals surface area contributed by atoms with Crippen molar-refractivity contribution in [1.82, 2.24) is 0 Å². The first-order chi connectivity index (χ1) is 13.6. The van der Waals surface area contributed by atoms with Gasteiger partial charge in [-0.3, -0.25) is 9.44 Å². The standard InChI is InChI=1S/C21H22N2O4S2/c1-15-8-13-21(17(3)14-15)29(26,27)22-18-9-11-19(12-10-18)28(24,25)23-20-7-5-4-6-16(20)2/h4-14,22-23H,1-3H3. The van der Waals surface area contributed by atoms with Crippen molar-refractivity contribution in [2.24, 2.45) is 0 Å². The lowest BCUT2D eigenvalue weighted by molar-refractivity contribution is 0.599. The van der Waals surface area contributed by atoms with Gasteiger partial charge in [-0.1, -0.05) is 35.9 Å². The SMILES string of the molecule is Cc1ccc(S(=O)(=O)Nc2ccc(S(=O)(=O)Nc3ccccc3C)cc2)c(C)c1. The van der Waals surface area contributed by atoms with Crippen molar-refractivity contribution in [3.63, 3.8) is 0 Å². The molecule has 152 valence electrons. The van der Waals surface area contributed by atoms with Gasteiger partial charge in [0, 0.05) is 5.69 Å². The lowest BCUT2D eigenvalue weighted by Gasteiger charge is -2.13. The third-order valence-electron chi connectivity index (χ3n) is 4.43. The first-order valence-electron chi connectivity index (χ1n) is 8.87. The highest BCUT2D eigenvalue weighted by atomic mass is 32.2. The summed E-state index contributed by atoms with van der Waals surface area (Å²) in [5.41, 5.74) is 3.18. The van der Waals surface area contributed by atoms with Gasteiger partial charge in [0.15, 0.2) is 0 Å². The molecule has 0 spiro atoms. The maximum Gasteiger partial charge on any atom is 0.262 e. The van der Waals surface area contributed by atoms with E-state index in [1.807, 2.05) is 26.0 Å². The Morgan fingerprint density at radius 1 is 0.655 bits per heavy atom. The van der Waals surface area contributed by atoms with E-state index >= 15 is 0 Å². The number of aryl methyl sites for hydroxylation is 3. The molecule has 0 aromatic heterocycles. The van der Waals surface area contributed by atoms with Gasteiger partial charge in [-0.2, -0.15) is 0 Å². The molecule has 0 radical (unpaired) electrons. The highest BCUT2D eigenvalue weighted by Gasteiger charge is 2.19. The molecule has 0 saturated carbocycles. The number of benzene rings is 3. The Morgan fingerprint density at radius 3 is 1.93 bits per heavy atom. The highest BCUT2D eigenvalue weighted by molar-refractivity contribution is 7.93. The van der Waals surface area contributed by atoms with Crippen molar-refractivity contribution in [2.75, 3.05) is 9.44 Å². The molecular weight excluding hydrogens is 408 g/mol. The molecule has 0 aliphatic carbocycles. The maximum atomic E-state index is 12.7. The molecule has 0 atom stereocenters. The lowest BCUT2D eigenvalue weighted by Crippen LogP contribution is -2.15. The smallest absolute Gasteiger partial charge is 0.262 e. The van der Waals surface area contributed by atoms with Crippen LogP contribution in [0.3, 0.4) is 0 Å². The van der Waals surface area contributed by atoms with Gasteiger partial charge in [-0.15, -0.1) is 0 Å². The molecule has 2 N–H and O–H groups in total. The maximum absolute atomic E-state index is 12.7. The summed E-state index contributed by atoms with van der Waals surface area (Å²) in [7, 11) is -7.57. The molecule has 0 fully saturated rings. The van der Waals surface area contributed by atoms with E-state index in [4.69, 9.17) is 0 Å². The van der Waals surface area contributed by atoms with E-state index in [-0.39, 0.29) is 15.5 Å². The van der Waals surface area contributed by atoms with E-state index in [0.29, 0.717) is 11.3 Å². The van der Waals surface area contributed by atoms with Gasteiger partial charge in [0.1, 0.15) is 0 Å². The van der Waals surface area contributed by atoms with Crippen LogP contribution in [0, 0.1) is 20.8 Å². The minimum atomic E-state index is -3.79. The summed E-state index contributed by atoms with van der Waals surface area (Å²) in [6.45, 7) is 5.43. The van der Waals surface area contributed by atoms with Gasteiger partial charge < -0.3 is 0 Å². The minimum Gasteiger partial charge on any atom is -0.280 e. The Balaban J connectivity index is 1.82. The largest absolute Gasteiger partial charge is 0.280 e. The van der Waals surface area contributed by atoms with Gasteiger partial charge in [0.25, 0.3) is 20.0 Å². The molecule has 3 rings (SSSR count). The van der Waals surface area contributed by atoms with Gasteiger partial charge in [-0.25, -0.2) is 16.8 Å². The van der Waals surface area contributed by atoms with Crippen molar-refractivity contribution >= 4 is 31.4 Å². The van der Waals surface area contributed by atoms with Crippen molar-refractivity contribution in [3.05, 3.63) is 83.4 Å². The topological polar surface area (TPSA) is 92.3 Å². The Kier molecular flexibility index (Phi) is 5.68. The molecule has 0 heterocycles. The minimum absolute atomic E-state index is 0.0372. The first kappa shape index (κ1) is 20.9. The number of hydrogen-bond donors (Lipinski definition) is 2. The molecule has 6 nitrogen and oxygen atoms in total. The van der Waals surface area contributed by atoms with Crippen LogP contribution >= 0.6 is 0 Å². The van der Waals surface area contributed by atoms with Crippen LogP contribution in [0.25, 0.3) is 0 Å². The quantitative estimate of drug-likeness (QED) is 0.613. The van der Waals surface area contributed by atoms with Gasteiger partial charge in [0.2, 0.25) is 0 Å². The second kappa shape index (κ2) is 7.88. The van der Waals surface area contributed by atoms with Crippen molar-refractivity contribution in [3.8, 4) is 0 Å².